The third kappa shape index (κ3) is 6.74. The van der Waals surface area contributed by atoms with Crippen LogP contribution in [-0.4, -0.2) is 60.4 Å². The van der Waals surface area contributed by atoms with Crippen LogP contribution in [0, 0.1) is 5.82 Å². The Morgan fingerprint density at radius 2 is 1.46 bits per heavy atom. The number of hydrogen-bond acceptors (Lipinski definition) is 4. The number of halogens is 1. The molecule has 182 valence electrons. The van der Waals surface area contributed by atoms with E-state index in [-0.39, 0.29) is 36.3 Å². The second-order valence-electron chi connectivity index (χ2n) is 8.81. The number of benzene rings is 3. The van der Waals surface area contributed by atoms with E-state index in [2.05, 4.69) is 15.5 Å². The van der Waals surface area contributed by atoms with Gasteiger partial charge in [-0.1, -0.05) is 66.7 Å². The molecule has 1 saturated heterocycles. The highest BCUT2D eigenvalue weighted by Gasteiger charge is 2.28. The molecule has 1 aliphatic rings. The fourth-order valence-corrected chi connectivity index (χ4v) is 4.36. The minimum Gasteiger partial charge on any atom is -0.344 e. The number of nitrogens with zero attached hydrogens (tertiary/aromatic N) is 2. The number of anilines is 1. The van der Waals surface area contributed by atoms with E-state index in [0.717, 1.165) is 11.1 Å². The zero-order valence-corrected chi connectivity index (χ0v) is 19.9. The van der Waals surface area contributed by atoms with E-state index < -0.39 is 0 Å². The van der Waals surface area contributed by atoms with Crippen molar-refractivity contribution < 1.29 is 14.0 Å². The summed E-state index contributed by atoms with van der Waals surface area (Å²) in [5, 5.41) is 5.97. The summed E-state index contributed by atoms with van der Waals surface area (Å²) >= 11 is 0. The normalized spacial score (nSPS) is 15.5. The Bertz CT molecular complexity index is 1080. The summed E-state index contributed by atoms with van der Waals surface area (Å²) < 4.78 is 13.3. The maximum absolute atomic E-state index is 13.3. The maximum atomic E-state index is 13.3. The van der Waals surface area contributed by atoms with Crippen LogP contribution >= 0.6 is 0 Å². The van der Waals surface area contributed by atoms with Crippen molar-refractivity contribution in [3.8, 4) is 0 Å². The van der Waals surface area contributed by atoms with Crippen molar-refractivity contribution in [3.63, 3.8) is 0 Å². The number of rotatable bonds is 8. The zero-order valence-electron chi connectivity index (χ0n) is 19.9. The molecule has 0 spiro atoms. The summed E-state index contributed by atoms with van der Waals surface area (Å²) in [5.74, 6) is -0.589. The van der Waals surface area contributed by atoms with Gasteiger partial charge in [-0.15, -0.1) is 0 Å². The van der Waals surface area contributed by atoms with E-state index in [9.17, 15) is 14.0 Å². The molecule has 2 amide bonds. The van der Waals surface area contributed by atoms with E-state index in [1.807, 2.05) is 72.5 Å². The van der Waals surface area contributed by atoms with Crippen LogP contribution in [0.4, 0.5) is 10.1 Å². The van der Waals surface area contributed by atoms with Gasteiger partial charge >= 0.3 is 0 Å². The first-order valence-electron chi connectivity index (χ1n) is 11.9. The van der Waals surface area contributed by atoms with Gasteiger partial charge < -0.3 is 10.6 Å². The SMILES string of the molecule is C[C@H](C(=O)NC(c1ccccc1)c1ccccc1)N1CCN(CC(=O)Nc2cccc(F)c2)CC1. The molecule has 0 bridgehead atoms. The molecule has 0 unspecified atom stereocenters. The predicted molar refractivity (Wildman–Crippen MR) is 135 cm³/mol. The molecule has 2 N–H and O–H groups in total. The summed E-state index contributed by atoms with van der Waals surface area (Å²) in [4.78, 5) is 29.8. The van der Waals surface area contributed by atoms with Crippen molar-refractivity contribution in [2.75, 3.05) is 38.0 Å². The average Bonchev–Trinajstić information content (AvgIpc) is 2.88. The quantitative estimate of drug-likeness (QED) is 0.523. The molecule has 1 fully saturated rings. The van der Waals surface area contributed by atoms with E-state index in [1.165, 1.54) is 12.1 Å². The highest BCUT2D eigenvalue weighted by Crippen LogP contribution is 2.22. The molecule has 0 saturated carbocycles. The fourth-order valence-electron chi connectivity index (χ4n) is 4.36. The zero-order chi connectivity index (χ0) is 24.6. The largest absolute Gasteiger partial charge is 0.344 e. The standard InChI is InChI=1S/C28H31FN4O2/c1-21(28(35)31-27(22-9-4-2-5-10-22)23-11-6-3-7-12-23)33-17-15-32(16-18-33)20-26(34)30-25-14-8-13-24(29)19-25/h2-14,19,21,27H,15-18,20H2,1H3,(H,30,34)(H,31,35)/t21-/m1/s1. The summed E-state index contributed by atoms with van der Waals surface area (Å²) in [5.41, 5.74) is 2.52. The molecule has 7 heteroatoms. The van der Waals surface area contributed by atoms with Crippen molar-refractivity contribution >= 4 is 17.5 Å². The van der Waals surface area contributed by atoms with Crippen LogP contribution in [0.5, 0.6) is 0 Å². The van der Waals surface area contributed by atoms with Crippen molar-refractivity contribution in [2.45, 2.75) is 19.0 Å². The second kappa shape index (κ2) is 11.7. The van der Waals surface area contributed by atoms with Gasteiger partial charge in [-0.3, -0.25) is 19.4 Å². The first-order chi connectivity index (χ1) is 17.0. The Morgan fingerprint density at radius 1 is 0.857 bits per heavy atom. The van der Waals surface area contributed by atoms with E-state index in [1.54, 1.807) is 12.1 Å². The molecule has 4 rings (SSSR count). The molecular formula is C28H31FN4O2. The van der Waals surface area contributed by atoms with Crippen LogP contribution in [0.3, 0.4) is 0 Å². The van der Waals surface area contributed by atoms with Gasteiger partial charge in [0.05, 0.1) is 18.6 Å². The highest BCUT2D eigenvalue weighted by molar-refractivity contribution is 5.92. The van der Waals surface area contributed by atoms with Gasteiger partial charge in [-0.25, -0.2) is 4.39 Å². The van der Waals surface area contributed by atoms with Crippen LogP contribution in [0.2, 0.25) is 0 Å². The molecule has 6 nitrogen and oxygen atoms in total. The highest BCUT2D eigenvalue weighted by atomic mass is 19.1. The van der Waals surface area contributed by atoms with Crippen LogP contribution in [0.15, 0.2) is 84.9 Å². The molecule has 1 aliphatic heterocycles. The predicted octanol–water partition coefficient (Wildman–Crippen LogP) is 3.68. The molecule has 3 aromatic carbocycles. The first kappa shape index (κ1) is 24.6. The molecule has 1 atom stereocenters. The lowest BCUT2D eigenvalue weighted by molar-refractivity contribution is -0.127. The van der Waals surface area contributed by atoms with Crippen LogP contribution in [0.1, 0.15) is 24.1 Å². The number of carbonyl (C=O) groups excluding carboxylic acids is 2. The average molecular weight is 475 g/mol. The molecular weight excluding hydrogens is 443 g/mol. The molecule has 0 radical (unpaired) electrons. The van der Waals surface area contributed by atoms with Crippen molar-refractivity contribution in [3.05, 3.63) is 102 Å². The number of amides is 2. The van der Waals surface area contributed by atoms with Crippen LogP contribution in [-0.2, 0) is 9.59 Å². The summed E-state index contributed by atoms with van der Waals surface area (Å²) in [6.07, 6.45) is 0. The minimum atomic E-state index is -0.384. The maximum Gasteiger partial charge on any atom is 0.238 e. The smallest absolute Gasteiger partial charge is 0.238 e. The van der Waals surface area contributed by atoms with Crippen molar-refractivity contribution in [1.29, 1.82) is 0 Å². The molecule has 3 aromatic rings. The lowest BCUT2D eigenvalue weighted by Crippen LogP contribution is -2.55. The van der Waals surface area contributed by atoms with Gasteiger partial charge in [0.15, 0.2) is 0 Å². The molecule has 1 heterocycles. The number of piperazine rings is 1. The van der Waals surface area contributed by atoms with Crippen LogP contribution < -0.4 is 10.6 Å². The third-order valence-electron chi connectivity index (χ3n) is 6.36. The van der Waals surface area contributed by atoms with E-state index >= 15 is 0 Å². The van der Waals surface area contributed by atoms with Gasteiger partial charge in [-0.05, 0) is 36.2 Å². The summed E-state index contributed by atoms with van der Waals surface area (Å²) in [6.45, 7) is 4.88. The summed E-state index contributed by atoms with van der Waals surface area (Å²) in [6, 6.07) is 25.3. The van der Waals surface area contributed by atoms with Crippen LogP contribution in [0.25, 0.3) is 0 Å². The first-order valence-corrected chi connectivity index (χ1v) is 11.9. The van der Waals surface area contributed by atoms with Gasteiger partial charge in [0.2, 0.25) is 11.8 Å². The Labute approximate surface area is 205 Å². The lowest BCUT2D eigenvalue weighted by Gasteiger charge is -2.37. The second-order valence-corrected chi connectivity index (χ2v) is 8.81. The van der Waals surface area contributed by atoms with E-state index in [0.29, 0.717) is 31.9 Å². The van der Waals surface area contributed by atoms with Gasteiger partial charge in [-0.2, -0.15) is 0 Å². The molecule has 0 aliphatic carbocycles. The molecule has 0 aromatic heterocycles. The molecule has 35 heavy (non-hydrogen) atoms. The summed E-state index contributed by atoms with van der Waals surface area (Å²) in [7, 11) is 0. The van der Waals surface area contributed by atoms with Gasteiger partial charge in [0.1, 0.15) is 5.82 Å². The number of hydrogen-bond donors (Lipinski definition) is 2. The van der Waals surface area contributed by atoms with E-state index in [4.69, 9.17) is 0 Å². The number of nitrogens with one attached hydrogen (secondary N) is 2. The van der Waals surface area contributed by atoms with Gasteiger partial charge in [0.25, 0.3) is 0 Å². The van der Waals surface area contributed by atoms with Crippen molar-refractivity contribution in [1.82, 2.24) is 15.1 Å². The van der Waals surface area contributed by atoms with Crippen molar-refractivity contribution in [2.24, 2.45) is 0 Å². The topological polar surface area (TPSA) is 64.7 Å². The minimum absolute atomic E-state index is 0.0278. The Hall–Kier alpha value is -3.55. The Kier molecular flexibility index (Phi) is 8.23. The Balaban J connectivity index is 1.30. The lowest BCUT2D eigenvalue weighted by atomic mass is 9.98. The van der Waals surface area contributed by atoms with Gasteiger partial charge in [0, 0.05) is 31.9 Å². The third-order valence-corrected chi connectivity index (χ3v) is 6.36. The fraction of sp³-hybridized carbons (Fsp3) is 0.286. The Morgan fingerprint density at radius 3 is 2.03 bits per heavy atom. The monoisotopic (exact) mass is 474 g/mol. The number of carbonyl (C=O) groups is 2.